The summed E-state index contributed by atoms with van der Waals surface area (Å²) in [5.74, 6) is 0.713. The van der Waals surface area contributed by atoms with E-state index in [1.165, 1.54) is 75.1 Å². The minimum atomic E-state index is -0.299. The van der Waals surface area contributed by atoms with Crippen LogP contribution in [-0.4, -0.2) is 9.97 Å². The van der Waals surface area contributed by atoms with Crippen LogP contribution in [0.3, 0.4) is 0 Å². The van der Waals surface area contributed by atoms with Crippen LogP contribution >= 0.6 is 11.3 Å². The maximum atomic E-state index is 5.33. The van der Waals surface area contributed by atoms with Gasteiger partial charge in [0.2, 0.25) is 0 Å². The van der Waals surface area contributed by atoms with Gasteiger partial charge in [-0.1, -0.05) is 176 Å². The molecule has 0 N–H and O–H groups in total. The fourth-order valence-corrected chi connectivity index (χ4v) is 10.8. The average molecular weight is 769 g/mol. The highest BCUT2D eigenvalue weighted by molar-refractivity contribution is 7.26. The SMILES string of the molecule is CC1(c2ccccc2)c2ccccc2-c2c(-c3cc(-c4cccc(-c5ccc6c(c5)sc5ccc7c8ccccc8ccc7c56)c4)nc(-c4ccccc4)n3)cccc21. The Bertz CT molecular complexity index is 3460. The molecule has 12 rings (SSSR count). The van der Waals surface area contributed by atoms with Crippen molar-refractivity contribution in [2.45, 2.75) is 12.3 Å². The van der Waals surface area contributed by atoms with E-state index in [9.17, 15) is 0 Å². The Balaban J connectivity index is 1.00. The van der Waals surface area contributed by atoms with E-state index in [-0.39, 0.29) is 5.41 Å². The third-order valence-electron chi connectivity index (χ3n) is 12.6. The molecule has 276 valence electrons. The molecule has 1 atom stereocenters. The number of hydrogen-bond donors (Lipinski definition) is 0. The molecular weight excluding hydrogens is 733 g/mol. The van der Waals surface area contributed by atoms with Gasteiger partial charge in [0.15, 0.2) is 5.82 Å². The van der Waals surface area contributed by atoms with Crippen molar-refractivity contribution in [3.05, 3.63) is 217 Å². The van der Waals surface area contributed by atoms with Crippen LogP contribution in [0.25, 0.3) is 97.9 Å². The first-order chi connectivity index (χ1) is 29.1. The molecule has 2 aromatic heterocycles. The Morgan fingerprint density at radius 3 is 1.97 bits per heavy atom. The maximum Gasteiger partial charge on any atom is 0.160 e. The summed E-state index contributed by atoms with van der Waals surface area (Å²) in [7, 11) is 0. The van der Waals surface area contributed by atoms with Crippen LogP contribution in [0.1, 0.15) is 23.6 Å². The van der Waals surface area contributed by atoms with Gasteiger partial charge in [0, 0.05) is 42.3 Å². The Kier molecular flexibility index (Phi) is 7.57. The van der Waals surface area contributed by atoms with Crippen molar-refractivity contribution in [1.29, 1.82) is 0 Å². The first-order valence-electron chi connectivity index (χ1n) is 20.2. The van der Waals surface area contributed by atoms with Crippen LogP contribution in [0.2, 0.25) is 0 Å². The Morgan fingerprint density at radius 1 is 0.407 bits per heavy atom. The van der Waals surface area contributed by atoms with Crippen LogP contribution < -0.4 is 0 Å². The zero-order chi connectivity index (χ0) is 39.1. The number of hydrogen-bond acceptors (Lipinski definition) is 3. The zero-order valence-corrected chi connectivity index (χ0v) is 33.2. The van der Waals surface area contributed by atoms with Gasteiger partial charge in [0.05, 0.1) is 11.4 Å². The third kappa shape index (κ3) is 5.25. The lowest BCUT2D eigenvalue weighted by Crippen LogP contribution is -2.22. The molecule has 2 heterocycles. The lowest BCUT2D eigenvalue weighted by atomic mass is 9.74. The van der Waals surface area contributed by atoms with E-state index in [2.05, 4.69) is 201 Å². The molecule has 0 spiro atoms. The fourth-order valence-electron chi connectivity index (χ4n) is 9.69. The number of fused-ring (bicyclic) bond motifs is 10. The van der Waals surface area contributed by atoms with Crippen molar-refractivity contribution in [2.75, 3.05) is 0 Å². The van der Waals surface area contributed by atoms with Gasteiger partial charge in [-0.25, -0.2) is 9.97 Å². The quantitative estimate of drug-likeness (QED) is 0.163. The molecule has 59 heavy (non-hydrogen) atoms. The molecule has 0 aliphatic heterocycles. The van der Waals surface area contributed by atoms with Gasteiger partial charge in [-0.15, -0.1) is 11.3 Å². The molecule has 0 saturated carbocycles. The second-order valence-corrected chi connectivity index (χ2v) is 16.9. The summed E-state index contributed by atoms with van der Waals surface area (Å²) >= 11 is 1.87. The van der Waals surface area contributed by atoms with Crippen molar-refractivity contribution in [2.24, 2.45) is 0 Å². The fraction of sp³-hybridized carbons (Fsp3) is 0.0357. The van der Waals surface area contributed by atoms with E-state index in [1.807, 2.05) is 17.4 Å². The first-order valence-corrected chi connectivity index (χ1v) is 21.0. The van der Waals surface area contributed by atoms with E-state index in [4.69, 9.17) is 9.97 Å². The van der Waals surface area contributed by atoms with Crippen LogP contribution in [-0.2, 0) is 5.41 Å². The molecule has 1 aliphatic carbocycles. The highest BCUT2D eigenvalue weighted by Crippen LogP contribution is 2.55. The van der Waals surface area contributed by atoms with E-state index >= 15 is 0 Å². The molecule has 0 fully saturated rings. The second-order valence-electron chi connectivity index (χ2n) is 15.8. The average Bonchev–Trinajstić information content (AvgIpc) is 3.82. The third-order valence-corrected chi connectivity index (χ3v) is 13.7. The number of thiophene rings is 1. The summed E-state index contributed by atoms with van der Waals surface area (Å²) in [6.07, 6.45) is 0. The molecule has 0 amide bonds. The summed E-state index contributed by atoms with van der Waals surface area (Å²) in [5.41, 5.74) is 13.4. The molecule has 0 radical (unpaired) electrons. The summed E-state index contributed by atoms with van der Waals surface area (Å²) in [6.45, 7) is 2.36. The topological polar surface area (TPSA) is 25.8 Å². The first kappa shape index (κ1) is 33.9. The van der Waals surface area contributed by atoms with E-state index < -0.39 is 0 Å². The molecular formula is C56H36N2S. The number of nitrogens with zero attached hydrogens (tertiary/aromatic N) is 2. The molecule has 1 unspecified atom stereocenters. The zero-order valence-electron chi connectivity index (χ0n) is 32.4. The van der Waals surface area contributed by atoms with Crippen LogP contribution in [0.5, 0.6) is 0 Å². The number of aromatic nitrogens is 2. The molecule has 2 nitrogen and oxygen atoms in total. The van der Waals surface area contributed by atoms with Crippen molar-refractivity contribution in [3.63, 3.8) is 0 Å². The van der Waals surface area contributed by atoms with E-state index in [0.29, 0.717) is 5.82 Å². The monoisotopic (exact) mass is 768 g/mol. The predicted molar refractivity (Wildman–Crippen MR) is 249 cm³/mol. The summed E-state index contributed by atoms with van der Waals surface area (Å²) in [4.78, 5) is 10.6. The second kappa shape index (κ2) is 13.2. The van der Waals surface area contributed by atoms with Gasteiger partial charge in [-0.2, -0.15) is 0 Å². The molecule has 9 aromatic carbocycles. The van der Waals surface area contributed by atoms with E-state index in [1.54, 1.807) is 0 Å². The van der Waals surface area contributed by atoms with Gasteiger partial charge < -0.3 is 0 Å². The van der Waals surface area contributed by atoms with Crippen molar-refractivity contribution >= 4 is 53.1 Å². The van der Waals surface area contributed by atoms with Crippen LogP contribution in [0, 0.1) is 0 Å². The molecule has 3 heteroatoms. The highest BCUT2D eigenvalue weighted by atomic mass is 32.1. The van der Waals surface area contributed by atoms with Gasteiger partial charge in [0.1, 0.15) is 0 Å². The lowest BCUT2D eigenvalue weighted by molar-refractivity contribution is 0.714. The molecule has 0 saturated heterocycles. The molecule has 1 aliphatic rings. The summed E-state index contributed by atoms with van der Waals surface area (Å²) in [5, 5.41) is 7.84. The minimum Gasteiger partial charge on any atom is -0.228 e. The Morgan fingerprint density at radius 2 is 1.07 bits per heavy atom. The van der Waals surface area contributed by atoms with Gasteiger partial charge >= 0.3 is 0 Å². The lowest BCUT2D eigenvalue weighted by Gasteiger charge is -2.28. The normalized spacial score (nSPS) is 14.6. The highest BCUT2D eigenvalue weighted by Gasteiger charge is 2.41. The standard InChI is InChI=1S/C56H36N2S/c1-56(40-19-6-3-7-20-40)47-24-11-10-22-44(47)53-45(23-13-25-48(53)56)50-34-49(57-55(58-50)36-15-4-2-5-16-36)39-18-12-17-37(32-39)38-27-29-46-52(33-38)59-51-31-30-42-41-21-9-8-14-35(41)26-28-43(42)54(46)51/h2-34H,1H3. The van der Waals surface area contributed by atoms with Crippen molar-refractivity contribution in [1.82, 2.24) is 9.97 Å². The predicted octanol–water partition coefficient (Wildman–Crippen LogP) is 15.2. The van der Waals surface area contributed by atoms with Gasteiger partial charge in [0.25, 0.3) is 0 Å². The van der Waals surface area contributed by atoms with Crippen molar-refractivity contribution in [3.8, 4) is 56.2 Å². The Hall–Kier alpha value is -7.20. The van der Waals surface area contributed by atoms with Crippen molar-refractivity contribution < 1.29 is 0 Å². The number of rotatable bonds is 5. The smallest absolute Gasteiger partial charge is 0.160 e. The van der Waals surface area contributed by atoms with Gasteiger partial charge in [-0.3, -0.25) is 0 Å². The number of benzene rings is 9. The maximum absolute atomic E-state index is 5.33. The van der Waals surface area contributed by atoms with E-state index in [0.717, 1.165) is 33.6 Å². The molecule has 0 bridgehead atoms. The largest absolute Gasteiger partial charge is 0.228 e. The summed E-state index contributed by atoms with van der Waals surface area (Å²) < 4.78 is 2.61. The van der Waals surface area contributed by atoms with Crippen LogP contribution in [0.15, 0.2) is 200 Å². The van der Waals surface area contributed by atoms with Crippen LogP contribution in [0.4, 0.5) is 0 Å². The van der Waals surface area contributed by atoms with Gasteiger partial charge in [-0.05, 0) is 91.7 Å². The molecule has 11 aromatic rings. The minimum absolute atomic E-state index is 0.299. The Labute approximate surface area is 346 Å². The summed E-state index contributed by atoms with van der Waals surface area (Å²) in [6, 6.07) is 72.7.